The van der Waals surface area contributed by atoms with E-state index in [2.05, 4.69) is 44.8 Å². The van der Waals surface area contributed by atoms with Gasteiger partial charge in [0.15, 0.2) is 0 Å². The van der Waals surface area contributed by atoms with E-state index in [0.717, 1.165) is 22.0 Å². The van der Waals surface area contributed by atoms with Crippen LogP contribution in [0.3, 0.4) is 0 Å². The molecule has 0 bridgehead atoms. The summed E-state index contributed by atoms with van der Waals surface area (Å²) in [6, 6.07) is 9.58. The predicted octanol–water partition coefficient (Wildman–Crippen LogP) is 4.61. The minimum absolute atomic E-state index is 0.280. The van der Waals surface area contributed by atoms with Crippen LogP contribution in [0.15, 0.2) is 48.9 Å². The summed E-state index contributed by atoms with van der Waals surface area (Å²) in [6.45, 7) is 6.80. The molecule has 1 aromatic carbocycles. The molecule has 5 heterocycles. The lowest BCUT2D eigenvalue weighted by atomic mass is 9.96. The third-order valence-electron chi connectivity index (χ3n) is 7.05. The van der Waals surface area contributed by atoms with Crippen LogP contribution in [0.1, 0.15) is 43.2 Å². The van der Waals surface area contributed by atoms with Crippen LogP contribution in [0.4, 0.5) is 4.79 Å². The lowest BCUT2D eigenvalue weighted by molar-refractivity contribution is -0.122. The number of imidazole rings is 1. The first-order valence-corrected chi connectivity index (χ1v) is 16.5. The Labute approximate surface area is 245 Å². The summed E-state index contributed by atoms with van der Waals surface area (Å²) in [5, 5.41) is 6.69. The molecule has 0 saturated carbocycles. The second-order valence-corrected chi connectivity index (χ2v) is 16.2. The number of pyridine rings is 1. The minimum Gasteiger partial charge on any atom is -0.444 e. The van der Waals surface area contributed by atoms with Crippen molar-refractivity contribution in [2.24, 2.45) is 0 Å². The minimum atomic E-state index is -1.11. The van der Waals surface area contributed by atoms with Crippen LogP contribution in [-0.2, 0) is 27.4 Å². The standard InChI is InChI=1S/C32H33N5O4S/c1-32(2,3)41-31(40)36-13-12-35-19-23(22-16-20(10-14-42(4,5)6)15-21(18-36)28(22)35)26-27(30(39)34-29(26)38)24-17-33-25-9-7-8-11-37(24)25/h7-9,11,15-17,19H,12-13,18H2,1-6H3,(H,34,38,39). The molecule has 6 rings (SSSR count). The Morgan fingerprint density at radius 1 is 1.07 bits per heavy atom. The second kappa shape index (κ2) is 9.81. The van der Waals surface area contributed by atoms with Crippen molar-refractivity contribution in [3.8, 4) is 11.2 Å². The van der Waals surface area contributed by atoms with Gasteiger partial charge in [0.25, 0.3) is 11.8 Å². The molecule has 2 aliphatic rings. The van der Waals surface area contributed by atoms with Crippen molar-refractivity contribution in [3.05, 3.63) is 71.3 Å². The Kier molecular flexibility index (Phi) is 6.46. The summed E-state index contributed by atoms with van der Waals surface area (Å²) in [7, 11) is -1.11. The second-order valence-electron chi connectivity index (χ2n) is 12.3. The molecule has 1 N–H and O–H groups in total. The fraction of sp³-hybridized carbons (Fsp3) is 0.312. The van der Waals surface area contributed by atoms with Gasteiger partial charge in [-0.25, -0.2) is 9.78 Å². The Morgan fingerprint density at radius 3 is 2.57 bits per heavy atom. The lowest BCUT2D eigenvalue weighted by Gasteiger charge is -2.26. The number of nitrogens with zero attached hydrogens (tertiary/aromatic N) is 4. The van der Waals surface area contributed by atoms with Crippen LogP contribution in [0, 0.1) is 11.2 Å². The predicted molar refractivity (Wildman–Crippen MR) is 166 cm³/mol. The Bertz CT molecular complexity index is 1910. The molecule has 4 aromatic rings. The topological polar surface area (TPSA) is 97.9 Å². The van der Waals surface area contributed by atoms with Crippen molar-refractivity contribution >= 4 is 55.6 Å². The van der Waals surface area contributed by atoms with Gasteiger partial charge < -0.3 is 14.2 Å². The van der Waals surface area contributed by atoms with E-state index >= 15 is 0 Å². The van der Waals surface area contributed by atoms with Crippen LogP contribution >= 0.6 is 10.0 Å². The monoisotopic (exact) mass is 583 g/mol. The van der Waals surface area contributed by atoms with Crippen molar-refractivity contribution in [3.63, 3.8) is 0 Å². The smallest absolute Gasteiger partial charge is 0.410 e. The van der Waals surface area contributed by atoms with E-state index in [1.807, 2.05) is 67.9 Å². The number of hydrogen-bond donors (Lipinski definition) is 1. The summed E-state index contributed by atoms with van der Waals surface area (Å²) in [4.78, 5) is 45.9. The molecule has 216 valence electrons. The van der Waals surface area contributed by atoms with Gasteiger partial charge in [-0.1, -0.05) is 12.0 Å². The van der Waals surface area contributed by atoms with Gasteiger partial charge in [0.1, 0.15) is 11.2 Å². The van der Waals surface area contributed by atoms with E-state index in [-0.39, 0.29) is 11.7 Å². The van der Waals surface area contributed by atoms with Gasteiger partial charge in [-0.15, -0.1) is 0 Å². The van der Waals surface area contributed by atoms with Gasteiger partial charge in [0.2, 0.25) is 0 Å². The molecule has 3 amide bonds. The van der Waals surface area contributed by atoms with Crippen LogP contribution in [-0.4, -0.2) is 67.7 Å². The molecule has 2 aliphatic heterocycles. The highest BCUT2D eigenvalue weighted by molar-refractivity contribution is 8.35. The molecule has 0 unspecified atom stereocenters. The quantitative estimate of drug-likeness (QED) is 0.275. The van der Waals surface area contributed by atoms with Gasteiger partial charge in [0, 0.05) is 42.0 Å². The van der Waals surface area contributed by atoms with Crippen molar-refractivity contribution in [1.29, 1.82) is 0 Å². The van der Waals surface area contributed by atoms with E-state index in [1.165, 1.54) is 0 Å². The number of nitrogens with one attached hydrogen (secondary N) is 1. The lowest BCUT2D eigenvalue weighted by Crippen LogP contribution is -2.37. The normalized spacial score (nSPS) is 16.0. The van der Waals surface area contributed by atoms with E-state index in [4.69, 9.17) is 4.74 Å². The average Bonchev–Trinajstić information content (AvgIpc) is 3.51. The van der Waals surface area contributed by atoms with E-state index in [0.29, 0.717) is 42.1 Å². The van der Waals surface area contributed by atoms with Crippen molar-refractivity contribution in [2.45, 2.75) is 39.5 Å². The van der Waals surface area contributed by atoms with E-state index in [9.17, 15) is 14.4 Å². The molecule has 10 heteroatoms. The highest BCUT2D eigenvalue weighted by atomic mass is 32.3. The summed E-state index contributed by atoms with van der Waals surface area (Å²) < 4.78 is 9.56. The molecule has 0 fully saturated rings. The summed E-state index contributed by atoms with van der Waals surface area (Å²) >= 11 is 0. The SMILES string of the molecule is CC(C)(C)OC(=O)N1CCn2cc(C3=C(c4cnc5ccccn45)C(=O)NC3=O)c3cc(C#CS(C)(C)C)cc(c32)C1. The largest absolute Gasteiger partial charge is 0.444 e. The molecule has 0 radical (unpaired) electrons. The molecule has 0 aliphatic carbocycles. The zero-order valence-electron chi connectivity index (χ0n) is 24.6. The van der Waals surface area contributed by atoms with Gasteiger partial charge in [-0.2, -0.15) is 10.0 Å². The molecule has 3 aromatic heterocycles. The number of ether oxygens (including phenoxy) is 1. The first-order valence-electron chi connectivity index (χ1n) is 13.7. The number of carbonyl (C=O) groups excluding carboxylic acids is 3. The van der Waals surface area contributed by atoms with Crippen LogP contribution < -0.4 is 5.32 Å². The number of carbonyl (C=O) groups is 3. The first kappa shape index (κ1) is 27.7. The maximum Gasteiger partial charge on any atom is 0.410 e. The van der Waals surface area contributed by atoms with Crippen molar-refractivity contribution < 1.29 is 19.1 Å². The number of benzene rings is 1. The zero-order valence-corrected chi connectivity index (χ0v) is 25.4. The molecule has 9 nitrogen and oxygen atoms in total. The first-order chi connectivity index (χ1) is 19.8. The van der Waals surface area contributed by atoms with Crippen molar-refractivity contribution in [2.75, 3.05) is 25.3 Å². The summed E-state index contributed by atoms with van der Waals surface area (Å²) in [5.74, 6) is 2.42. The Morgan fingerprint density at radius 2 is 1.83 bits per heavy atom. The highest BCUT2D eigenvalue weighted by Crippen LogP contribution is 2.39. The van der Waals surface area contributed by atoms with Gasteiger partial charge in [-0.05, 0) is 74.6 Å². The fourth-order valence-electron chi connectivity index (χ4n) is 5.38. The average molecular weight is 584 g/mol. The van der Waals surface area contributed by atoms with Crippen molar-refractivity contribution in [1.82, 2.24) is 24.2 Å². The number of aromatic nitrogens is 3. The fourth-order valence-corrected chi connectivity index (χ4v) is 5.80. The van der Waals surface area contributed by atoms with Gasteiger partial charge in [0.05, 0.1) is 35.1 Å². The Balaban J connectivity index is 1.58. The van der Waals surface area contributed by atoms with Gasteiger partial charge >= 0.3 is 6.09 Å². The van der Waals surface area contributed by atoms with Crippen LogP contribution in [0.25, 0.3) is 27.7 Å². The summed E-state index contributed by atoms with van der Waals surface area (Å²) in [6.07, 6.45) is 11.4. The number of hydrogen-bond acceptors (Lipinski definition) is 5. The highest BCUT2D eigenvalue weighted by Gasteiger charge is 2.36. The number of amides is 3. The molecule has 42 heavy (non-hydrogen) atoms. The van der Waals surface area contributed by atoms with E-state index in [1.54, 1.807) is 11.1 Å². The third kappa shape index (κ3) is 5.05. The Hall–Kier alpha value is -4.49. The number of imide groups is 1. The molecule has 0 atom stereocenters. The van der Waals surface area contributed by atoms with E-state index < -0.39 is 27.4 Å². The molecule has 0 spiro atoms. The van der Waals surface area contributed by atoms with Crippen LogP contribution in [0.5, 0.6) is 0 Å². The summed E-state index contributed by atoms with van der Waals surface area (Å²) in [5.41, 5.74) is 4.42. The van der Waals surface area contributed by atoms with Crippen LogP contribution in [0.2, 0.25) is 0 Å². The molecular weight excluding hydrogens is 550 g/mol. The number of rotatable bonds is 2. The molecule has 0 saturated heterocycles. The maximum atomic E-state index is 13.4. The molecular formula is C32H33N5O4S. The number of fused-ring (bicyclic) bond motifs is 1. The van der Waals surface area contributed by atoms with Gasteiger partial charge in [-0.3, -0.25) is 19.3 Å². The maximum absolute atomic E-state index is 13.4. The zero-order chi connectivity index (χ0) is 30.0. The third-order valence-corrected chi connectivity index (χ3v) is 7.76.